The van der Waals surface area contributed by atoms with Crippen molar-refractivity contribution >= 4 is 28.8 Å². The molecule has 4 rings (SSSR count). The standard InChI is InChI=1S/C23H22N6O/c24-16-17-4-6-19(7-5-17)26-23(30)21-12-13-22(28-27-21)25-18-8-10-20(11-9-18)29-14-2-1-3-15-29/h4-13H,1-3,14-15H2,(H,25,28)(H,26,30). The number of carbonyl (C=O) groups is 1. The molecule has 1 aromatic heterocycles. The normalized spacial score (nSPS) is 13.4. The summed E-state index contributed by atoms with van der Waals surface area (Å²) in [6, 6.07) is 20.3. The second kappa shape index (κ2) is 9.05. The summed E-state index contributed by atoms with van der Waals surface area (Å²) in [7, 11) is 0. The van der Waals surface area contributed by atoms with Crippen LogP contribution in [-0.4, -0.2) is 29.2 Å². The van der Waals surface area contributed by atoms with Crippen LogP contribution in [0.4, 0.5) is 22.9 Å². The molecule has 0 bridgehead atoms. The highest BCUT2D eigenvalue weighted by Gasteiger charge is 2.11. The van der Waals surface area contributed by atoms with Gasteiger partial charge < -0.3 is 15.5 Å². The van der Waals surface area contributed by atoms with Gasteiger partial charge in [0, 0.05) is 30.2 Å². The van der Waals surface area contributed by atoms with Gasteiger partial charge in [-0.05, 0) is 79.9 Å². The topological polar surface area (TPSA) is 93.9 Å². The van der Waals surface area contributed by atoms with Gasteiger partial charge in [-0.1, -0.05) is 0 Å². The molecule has 1 aliphatic rings. The van der Waals surface area contributed by atoms with Crippen LogP contribution >= 0.6 is 0 Å². The summed E-state index contributed by atoms with van der Waals surface area (Å²) in [5.74, 6) is 0.209. The maximum atomic E-state index is 12.3. The van der Waals surface area contributed by atoms with Crippen molar-refractivity contribution in [2.75, 3.05) is 28.6 Å². The number of hydrogen-bond donors (Lipinski definition) is 2. The molecule has 7 nitrogen and oxygen atoms in total. The molecule has 7 heteroatoms. The smallest absolute Gasteiger partial charge is 0.276 e. The predicted octanol–water partition coefficient (Wildman–Crippen LogP) is 4.33. The van der Waals surface area contributed by atoms with Crippen molar-refractivity contribution in [3.8, 4) is 6.07 Å². The molecule has 150 valence electrons. The molecule has 0 saturated carbocycles. The van der Waals surface area contributed by atoms with Gasteiger partial charge >= 0.3 is 0 Å². The molecule has 2 aromatic carbocycles. The Balaban J connectivity index is 1.36. The number of piperidine rings is 1. The van der Waals surface area contributed by atoms with Gasteiger partial charge in [-0.2, -0.15) is 5.26 Å². The zero-order chi connectivity index (χ0) is 20.8. The van der Waals surface area contributed by atoms with E-state index in [4.69, 9.17) is 5.26 Å². The van der Waals surface area contributed by atoms with Crippen LogP contribution in [-0.2, 0) is 0 Å². The van der Waals surface area contributed by atoms with Crippen LogP contribution in [0.15, 0.2) is 60.7 Å². The fourth-order valence-corrected chi connectivity index (χ4v) is 3.40. The van der Waals surface area contributed by atoms with E-state index < -0.39 is 0 Å². The molecule has 30 heavy (non-hydrogen) atoms. The molecule has 0 aliphatic carbocycles. The maximum absolute atomic E-state index is 12.3. The number of hydrogen-bond acceptors (Lipinski definition) is 6. The molecule has 1 amide bonds. The highest BCUT2D eigenvalue weighted by molar-refractivity contribution is 6.02. The quantitative estimate of drug-likeness (QED) is 0.664. The van der Waals surface area contributed by atoms with Crippen molar-refractivity contribution in [2.45, 2.75) is 19.3 Å². The molecule has 0 spiro atoms. The van der Waals surface area contributed by atoms with Gasteiger partial charge in [-0.15, -0.1) is 10.2 Å². The van der Waals surface area contributed by atoms with Gasteiger partial charge in [0.1, 0.15) is 0 Å². The number of nitriles is 1. The third-order valence-corrected chi connectivity index (χ3v) is 5.03. The minimum absolute atomic E-state index is 0.213. The largest absolute Gasteiger partial charge is 0.372 e. The average molecular weight is 398 g/mol. The number of carbonyl (C=O) groups excluding carboxylic acids is 1. The molecule has 2 N–H and O–H groups in total. The van der Waals surface area contributed by atoms with E-state index in [0.717, 1.165) is 18.8 Å². The fraction of sp³-hybridized carbons (Fsp3) is 0.217. The Kier molecular flexibility index (Phi) is 5.85. The Morgan fingerprint density at radius 2 is 1.57 bits per heavy atom. The molecule has 0 unspecified atom stereocenters. The van der Waals surface area contributed by atoms with Gasteiger partial charge in [0.05, 0.1) is 11.6 Å². The van der Waals surface area contributed by atoms with E-state index in [1.54, 1.807) is 36.4 Å². The lowest BCUT2D eigenvalue weighted by Crippen LogP contribution is -2.29. The van der Waals surface area contributed by atoms with Crippen LogP contribution in [0.1, 0.15) is 35.3 Å². The highest BCUT2D eigenvalue weighted by atomic mass is 16.1. The molecule has 1 saturated heterocycles. The number of nitrogens with one attached hydrogen (secondary N) is 2. The van der Waals surface area contributed by atoms with Gasteiger partial charge in [0.2, 0.25) is 0 Å². The average Bonchev–Trinajstić information content (AvgIpc) is 2.81. The van der Waals surface area contributed by atoms with Crippen molar-refractivity contribution < 1.29 is 4.79 Å². The van der Waals surface area contributed by atoms with Crippen molar-refractivity contribution in [1.29, 1.82) is 5.26 Å². The summed E-state index contributed by atoms with van der Waals surface area (Å²) in [6.45, 7) is 2.23. The number of rotatable bonds is 5. The molecule has 2 heterocycles. The molecular formula is C23H22N6O. The van der Waals surface area contributed by atoms with Crippen LogP contribution < -0.4 is 15.5 Å². The second-order valence-electron chi connectivity index (χ2n) is 7.17. The first-order valence-electron chi connectivity index (χ1n) is 9.98. The van der Waals surface area contributed by atoms with E-state index in [1.165, 1.54) is 24.9 Å². The van der Waals surface area contributed by atoms with Crippen LogP contribution in [0.3, 0.4) is 0 Å². The Hall–Kier alpha value is -3.92. The monoisotopic (exact) mass is 398 g/mol. The van der Waals surface area contributed by atoms with Crippen LogP contribution in [0, 0.1) is 11.3 Å². The SMILES string of the molecule is N#Cc1ccc(NC(=O)c2ccc(Nc3ccc(N4CCCCC4)cc3)nn2)cc1. The van der Waals surface area contributed by atoms with Crippen molar-refractivity contribution in [3.63, 3.8) is 0 Å². The van der Waals surface area contributed by atoms with E-state index in [-0.39, 0.29) is 11.6 Å². The number of benzene rings is 2. The first-order valence-corrected chi connectivity index (χ1v) is 9.98. The first-order chi connectivity index (χ1) is 14.7. The van der Waals surface area contributed by atoms with E-state index in [9.17, 15) is 4.79 Å². The molecule has 1 aliphatic heterocycles. The highest BCUT2D eigenvalue weighted by Crippen LogP contribution is 2.23. The number of aromatic nitrogens is 2. The summed E-state index contributed by atoms with van der Waals surface area (Å²) in [6.07, 6.45) is 3.82. The molecule has 0 atom stereocenters. The molecule has 3 aromatic rings. The van der Waals surface area contributed by atoms with E-state index >= 15 is 0 Å². The maximum Gasteiger partial charge on any atom is 0.276 e. The summed E-state index contributed by atoms with van der Waals surface area (Å²) in [4.78, 5) is 14.7. The molecule has 1 fully saturated rings. The zero-order valence-electron chi connectivity index (χ0n) is 16.5. The van der Waals surface area contributed by atoms with E-state index in [1.807, 2.05) is 18.2 Å². The second-order valence-corrected chi connectivity index (χ2v) is 7.17. The zero-order valence-corrected chi connectivity index (χ0v) is 16.5. The van der Waals surface area contributed by atoms with Crippen LogP contribution in [0.5, 0.6) is 0 Å². The lowest BCUT2D eigenvalue weighted by Gasteiger charge is -2.28. The lowest BCUT2D eigenvalue weighted by atomic mass is 10.1. The van der Waals surface area contributed by atoms with Gasteiger partial charge in [0.25, 0.3) is 5.91 Å². The Labute approximate surface area is 175 Å². The molecular weight excluding hydrogens is 376 g/mol. The third-order valence-electron chi connectivity index (χ3n) is 5.03. The minimum Gasteiger partial charge on any atom is -0.372 e. The summed E-state index contributed by atoms with van der Waals surface area (Å²) in [5.41, 5.74) is 3.50. The van der Waals surface area contributed by atoms with Gasteiger partial charge in [0.15, 0.2) is 11.5 Å². The Morgan fingerprint density at radius 1 is 0.867 bits per heavy atom. The predicted molar refractivity (Wildman–Crippen MR) is 117 cm³/mol. The number of nitrogens with zero attached hydrogens (tertiary/aromatic N) is 4. The van der Waals surface area contributed by atoms with Crippen LogP contribution in [0.25, 0.3) is 0 Å². The van der Waals surface area contributed by atoms with Crippen molar-refractivity contribution in [3.05, 3.63) is 71.9 Å². The van der Waals surface area contributed by atoms with Gasteiger partial charge in [-0.25, -0.2) is 0 Å². The summed E-state index contributed by atoms with van der Waals surface area (Å²) in [5, 5.41) is 22.9. The van der Waals surface area contributed by atoms with Gasteiger partial charge in [-0.3, -0.25) is 4.79 Å². The Morgan fingerprint density at radius 3 is 2.20 bits per heavy atom. The van der Waals surface area contributed by atoms with Crippen molar-refractivity contribution in [1.82, 2.24) is 10.2 Å². The number of amides is 1. The molecule has 0 radical (unpaired) electrons. The lowest BCUT2D eigenvalue weighted by molar-refractivity contribution is 0.102. The van der Waals surface area contributed by atoms with Crippen LogP contribution in [0.2, 0.25) is 0 Å². The Bertz CT molecular complexity index is 1030. The number of anilines is 4. The minimum atomic E-state index is -0.357. The summed E-state index contributed by atoms with van der Waals surface area (Å²) < 4.78 is 0. The van der Waals surface area contributed by atoms with E-state index in [0.29, 0.717) is 17.1 Å². The first kappa shape index (κ1) is 19.4. The fourth-order valence-electron chi connectivity index (χ4n) is 3.40. The van der Waals surface area contributed by atoms with Crippen molar-refractivity contribution in [2.24, 2.45) is 0 Å². The van der Waals surface area contributed by atoms with E-state index in [2.05, 4.69) is 37.9 Å². The third kappa shape index (κ3) is 4.73. The summed E-state index contributed by atoms with van der Waals surface area (Å²) >= 11 is 0.